The molecule has 0 heterocycles. The van der Waals surface area contributed by atoms with E-state index in [-0.39, 0.29) is 42.3 Å². The molecule has 6 heteroatoms. The number of hydrogen-bond donors (Lipinski definition) is 2. The molecule has 0 aliphatic carbocycles. The summed E-state index contributed by atoms with van der Waals surface area (Å²) in [7, 11) is 0. The molecule has 0 saturated heterocycles. The Morgan fingerprint density at radius 3 is 1.00 bits per heavy atom. The smallest absolute Gasteiger partial charge is 0.160 e. The van der Waals surface area contributed by atoms with E-state index < -0.39 is 0 Å². The summed E-state index contributed by atoms with van der Waals surface area (Å²) in [5, 5.41) is 0.000000000000000222. The molecule has 0 aliphatic heterocycles. The normalized spacial score (nSPS) is 3.43. The van der Waals surface area contributed by atoms with Crippen molar-refractivity contribution in [1.82, 2.24) is 0 Å². The third kappa shape index (κ3) is 435. The Bertz CT molecular complexity index is 35.9. The lowest BCUT2D eigenvalue weighted by Crippen LogP contribution is -2.18. The lowest BCUT2D eigenvalue weighted by atomic mass is 11.3. The molecule has 0 saturated carbocycles. The molecule has 0 fully saturated rings. The molecule has 0 aromatic carbocycles. The fourth-order valence-corrected chi connectivity index (χ4v) is 0. The van der Waals surface area contributed by atoms with Gasteiger partial charge in [-0.25, -0.2) is 0 Å². The third-order valence-corrected chi connectivity index (χ3v) is 0. The Morgan fingerprint density at radius 2 is 1.00 bits per heavy atom. The number of nitrogens with two attached hydrogens (primary N) is 2. The highest BCUT2D eigenvalue weighted by Gasteiger charge is 1.53. The Hall–Kier alpha value is 0.560. The van der Waals surface area contributed by atoms with Crippen molar-refractivity contribution >= 4 is 54.6 Å². The summed E-state index contributed by atoms with van der Waals surface area (Å²) >= 11 is 4.09. The van der Waals surface area contributed by atoms with Crippen molar-refractivity contribution in [2.45, 2.75) is 0 Å². The van der Waals surface area contributed by atoms with Crippen molar-refractivity contribution in [3.05, 3.63) is 0 Å². The van der Waals surface area contributed by atoms with E-state index in [1.807, 2.05) is 0 Å². The zero-order chi connectivity index (χ0) is 3.58. The van der Waals surface area contributed by atoms with Gasteiger partial charge in [0.1, 0.15) is 0 Å². The summed E-state index contributed by atoms with van der Waals surface area (Å²) in [5.41, 5.74) is 9.24. The minimum absolute atomic E-state index is 0. The molecule has 0 spiro atoms. The minimum Gasteiger partial charge on any atom is -0.377 e. The average Bonchev–Trinajstić information content (AvgIpc) is 0.811. The number of rotatable bonds is 0. The zero-order valence-electron chi connectivity index (χ0n) is 3.29. The molecule has 0 radical (unpaired) electrons. The van der Waals surface area contributed by atoms with Crippen LogP contribution in [0.25, 0.3) is 0 Å². The quantitative estimate of drug-likeness (QED) is 0.539. The Labute approximate surface area is 66.2 Å². The second kappa shape index (κ2) is 16.0. The Kier molecular flexibility index (Phi) is 58.7. The highest BCUT2D eigenvalue weighted by Crippen LogP contribution is 1.32. The molecule has 4 N–H and O–H groups in total. The molecule has 48 valence electrons. The first-order valence-electron chi connectivity index (χ1n) is 0.781. The number of hydrogen-bond acceptors (Lipinski definition) is 1. The van der Waals surface area contributed by atoms with Crippen molar-refractivity contribution in [3.63, 3.8) is 0 Å². The summed E-state index contributed by atoms with van der Waals surface area (Å²) in [5.74, 6) is 0. The van der Waals surface area contributed by atoms with E-state index >= 15 is 0 Å². The summed E-state index contributed by atoms with van der Waals surface area (Å²) < 4.78 is 0. The highest BCUT2D eigenvalue weighted by atomic mass is 35.5. The summed E-state index contributed by atoms with van der Waals surface area (Å²) in [6.45, 7) is 0. The number of thiocarbonyl (C=S) groups is 1. The molecule has 0 aliphatic rings. The van der Waals surface area contributed by atoms with Crippen molar-refractivity contribution < 1.29 is 0 Å². The summed E-state index contributed by atoms with van der Waals surface area (Å²) in [6, 6.07) is 0. The van der Waals surface area contributed by atoms with Crippen molar-refractivity contribution in [2.24, 2.45) is 11.5 Å². The van der Waals surface area contributed by atoms with E-state index in [4.69, 9.17) is 0 Å². The van der Waals surface area contributed by atoms with Crippen molar-refractivity contribution in [1.29, 1.82) is 0 Å². The molecule has 0 aromatic rings. The maximum atomic E-state index is 4.62. The van der Waals surface area contributed by atoms with Gasteiger partial charge in [-0.1, -0.05) is 0 Å². The molecule has 0 aromatic heterocycles. The van der Waals surface area contributed by atoms with Crippen LogP contribution in [0.2, 0.25) is 0 Å². The van der Waals surface area contributed by atoms with Crippen LogP contribution in [-0.4, -0.2) is 5.11 Å². The Balaban J connectivity index is -0.0000000150. The van der Waals surface area contributed by atoms with Crippen LogP contribution in [0, 0.1) is 0 Å². The predicted octanol–water partition coefficient (Wildman–Crippen LogP) is 0.454. The Morgan fingerprint density at radius 1 is 1.00 bits per heavy atom. The van der Waals surface area contributed by atoms with Gasteiger partial charge >= 0.3 is 0 Å². The minimum atomic E-state index is 0. The highest BCUT2D eigenvalue weighted by molar-refractivity contribution is 7.80. The van der Waals surface area contributed by atoms with Crippen LogP contribution < -0.4 is 11.5 Å². The van der Waals surface area contributed by atoms with Crippen LogP contribution in [0.5, 0.6) is 0 Å². The lowest BCUT2D eigenvalue weighted by Gasteiger charge is -1.68. The molecule has 0 rings (SSSR count). The summed E-state index contributed by atoms with van der Waals surface area (Å²) in [6.07, 6.45) is 0. The molecule has 7 heavy (non-hydrogen) atoms. The van der Waals surface area contributed by atoms with Gasteiger partial charge in [-0.15, -0.1) is 37.2 Å². The van der Waals surface area contributed by atoms with Gasteiger partial charge in [0.05, 0.1) is 0 Å². The van der Waals surface area contributed by atoms with E-state index in [0.29, 0.717) is 0 Å². The van der Waals surface area contributed by atoms with Crippen molar-refractivity contribution in [3.8, 4) is 0 Å². The zero-order valence-corrected chi connectivity index (χ0v) is 6.55. The van der Waals surface area contributed by atoms with Gasteiger partial charge in [0.25, 0.3) is 0 Å². The van der Waals surface area contributed by atoms with E-state index in [2.05, 4.69) is 23.7 Å². The molecule has 0 atom stereocenters. The topological polar surface area (TPSA) is 52.0 Å². The van der Waals surface area contributed by atoms with Crippen LogP contribution in [0.3, 0.4) is 0 Å². The lowest BCUT2D eigenvalue weighted by molar-refractivity contribution is 1.65. The fraction of sp³-hybridized carbons (Fsp3) is 0. The SMILES string of the molecule is Cl.Cl.Cl.NC(N)=S. The van der Waals surface area contributed by atoms with Gasteiger partial charge < -0.3 is 11.5 Å². The van der Waals surface area contributed by atoms with E-state index in [1.54, 1.807) is 0 Å². The molecular formula is CH7Cl3N2S. The van der Waals surface area contributed by atoms with Crippen LogP contribution in [0.1, 0.15) is 0 Å². The molecule has 0 bridgehead atoms. The third-order valence-electron chi connectivity index (χ3n) is 0. The first-order valence-corrected chi connectivity index (χ1v) is 1.19. The largest absolute Gasteiger partial charge is 0.377 e. The summed E-state index contributed by atoms with van der Waals surface area (Å²) in [4.78, 5) is 0. The molecule has 2 nitrogen and oxygen atoms in total. The van der Waals surface area contributed by atoms with Crippen LogP contribution in [0.15, 0.2) is 0 Å². The maximum Gasteiger partial charge on any atom is 0.160 e. The van der Waals surface area contributed by atoms with E-state index in [1.165, 1.54) is 0 Å². The maximum absolute atomic E-state index is 4.62. The van der Waals surface area contributed by atoms with Crippen LogP contribution >= 0.6 is 49.4 Å². The average molecular weight is 186 g/mol. The van der Waals surface area contributed by atoms with Gasteiger partial charge in [-0.05, 0) is 12.2 Å². The molecular weight excluding hydrogens is 178 g/mol. The standard InChI is InChI=1S/CH4N2S.3ClH/c2-1(3)4;;;/h(H4,2,3,4);3*1H. The second-order valence-corrected chi connectivity index (χ2v) is 0.874. The second-order valence-electron chi connectivity index (χ2n) is 0.402. The van der Waals surface area contributed by atoms with E-state index in [0.717, 1.165) is 0 Å². The first kappa shape index (κ1) is 25.7. The van der Waals surface area contributed by atoms with Gasteiger partial charge in [0.15, 0.2) is 5.11 Å². The van der Waals surface area contributed by atoms with Gasteiger partial charge in [-0.3, -0.25) is 0 Å². The molecule has 0 amide bonds. The van der Waals surface area contributed by atoms with Crippen molar-refractivity contribution in [2.75, 3.05) is 0 Å². The number of halogens is 3. The monoisotopic (exact) mass is 184 g/mol. The van der Waals surface area contributed by atoms with Crippen LogP contribution in [0.4, 0.5) is 0 Å². The van der Waals surface area contributed by atoms with Crippen LogP contribution in [-0.2, 0) is 0 Å². The predicted molar refractivity (Wildman–Crippen MR) is 42.7 cm³/mol. The van der Waals surface area contributed by atoms with Gasteiger partial charge in [0, 0.05) is 0 Å². The van der Waals surface area contributed by atoms with Gasteiger partial charge in [0.2, 0.25) is 0 Å². The van der Waals surface area contributed by atoms with E-state index in [9.17, 15) is 0 Å². The fourth-order valence-electron chi connectivity index (χ4n) is 0. The van der Waals surface area contributed by atoms with Gasteiger partial charge in [-0.2, -0.15) is 0 Å². The first-order chi connectivity index (χ1) is 1.73. The molecule has 0 unspecified atom stereocenters.